The van der Waals surface area contributed by atoms with Gasteiger partial charge in [0.05, 0.1) is 6.04 Å². The lowest BCUT2D eigenvalue weighted by atomic mass is 10.1. The lowest BCUT2D eigenvalue weighted by Crippen LogP contribution is -2.36. The van der Waals surface area contributed by atoms with Gasteiger partial charge >= 0.3 is 0 Å². The number of nitrogens with zero attached hydrogens (tertiary/aromatic N) is 1. The minimum absolute atomic E-state index is 0. The molecule has 0 saturated heterocycles. The third-order valence-electron chi connectivity index (χ3n) is 3.32. The van der Waals surface area contributed by atoms with Crippen molar-refractivity contribution in [2.75, 3.05) is 6.54 Å². The first kappa shape index (κ1) is 15.7. The molecule has 0 aliphatic carbocycles. The van der Waals surface area contributed by atoms with E-state index in [2.05, 4.69) is 19.1 Å². The Balaban J connectivity index is 0.00000180. The highest BCUT2D eigenvalue weighted by molar-refractivity contribution is 5.95. The van der Waals surface area contributed by atoms with Crippen LogP contribution in [-0.4, -0.2) is 23.4 Å². The summed E-state index contributed by atoms with van der Waals surface area (Å²) < 4.78 is 0. The predicted octanol–water partition coefficient (Wildman–Crippen LogP) is 2.75. The van der Waals surface area contributed by atoms with Gasteiger partial charge in [0, 0.05) is 18.7 Å². The first-order valence-electron chi connectivity index (χ1n) is 6.53. The third kappa shape index (κ3) is 3.58. The topological polar surface area (TPSA) is 46.3 Å². The molecule has 2 rings (SSSR count). The summed E-state index contributed by atoms with van der Waals surface area (Å²) in [5.41, 5.74) is 7.35. The van der Waals surface area contributed by atoms with Gasteiger partial charge in [0.15, 0.2) is 0 Å². The number of rotatable bonds is 4. The molecular formula is C15H21ClN2O. The van der Waals surface area contributed by atoms with Crippen molar-refractivity contribution in [2.45, 2.75) is 32.4 Å². The molecule has 4 heteroatoms. The monoisotopic (exact) mass is 280 g/mol. The Morgan fingerprint density at radius 1 is 1.47 bits per heavy atom. The molecule has 1 amide bonds. The molecular weight excluding hydrogens is 260 g/mol. The van der Waals surface area contributed by atoms with Crippen LogP contribution < -0.4 is 5.73 Å². The van der Waals surface area contributed by atoms with Crippen molar-refractivity contribution in [1.82, 2.24) is 4.90 Å². The Kier molecular flexibility index (Phi) is 6.06. The molecule has 19 heavy (non-hydrogen) atoms. The van der Waals surface area contributed by atoms with Crippen molar-refractivity contribution >= 4 is 18.3 Å². The summed E-state index contributed by atoms with van der Waals surface area (Å²) in [7, 11) is 0. The maximum absolute atomic E-state index is 12.4. The molecule has 0 spiro atoms. The molecule has 0 radical (unpaired) electrons. The maximum Gasteiger partial charge on any atom is 0.254 e. The second kappa shape index (κ2) is 7.31. The second-order valence-corrected chi connectivity index (χ2v) is 4.65. The summed E-state index contributed by atoms with van der Waals surface area (Å²) in [6.07, 6.45) is 6.32. The molecule has 0 saturated carbocycles. The van der Waals surface area contributed by atoms with E-state index >= 15 is 0 Å². The van der Waals surface area contributed by atoms with Crippen LogP contribution in [0.5, 0.6) is 0 Å². The van der Waals surface area contributed by atoms with Gasteiger partial charge in [0.2, 0.25) is 0 Å². The molecule has 1 heterocycles. The van der Waals surface area contributed by atoms with Crippen LogP contribution in [0.4, 0.5) is 0 Å². The highest BCUT2D eigenvalue weighted by Gasteiger charge is 2.24. The minimum Gasteiger partial charge on any atom is -0.328 e. The van der Waals surface area contributed by atoms with E-state index < -0.39 is 0 Å². The Labute approximate surface area is 120 Å². The summed E-state index contributed by atoms with van der Waals surface area (Å²) in [6, 6.07) is 7.85. The summed E-state index contributed by atoms with van der Waals surface area (Å²) in [6.45, 7) is 3.33. The molecule has 3 nitrogen and oxygen atoms in total. The minimum atomic E-state index is 0. The van der Waals surface area contributed by atoms with Crippen LogP contribution in [0.3, 0.4) is 0 Å². The number of carbonyl (C=O) groups is 1. The lowest BCUT2D eigenvalue weighted by Gasteiger charge is -2.24. The zero-order valence-corrected chi connectivity index (χ0v) is 12.0. The fourth-order valence-corrected chi connectivity index (χ4v) is 2.35. The average molecular weight is 281 g/mol. The van der Waals surface area contributed by atoms with Gasteiger partial charge in [-0.25, -0.2) is 0 Å². The van der Waals surface area contributed by atoms with Crippen LogP contribution in [-0.2, 0) is 6.54 Å². The molecule has 1 aromatic rings. The normalized spacial score (nSPS) is 17.4. The molecule has 0 aromatic heterocycles. The van der Waals surface area contributed by atoms with Crippen molar-refractivity contribution in [3.05, 3.63) is 47.5 Å². The number of nitrogens with two attached hydrogens (primary N) is 1. The van der Waals surface area contributed by atoms with Crippen LogP contribution in [0, 0.1) is 0 Å². The molecule has 1 aliphatic rings. The number of hydrogen-bond donors (Lipinski definition) is 1. The van der Waals surface area contributed by atoms with Gasteiger partial charge in [0.1, 0.15) is 0 Å². The Bertz CT molecular complexity index is 459. The van der Waals surface area contributed by atoms with Gasteiger partial charge in [-0.05, 0) is 24.1 Å². The predicted molar refractivity (Wildman–Crippen MR) is 80.5 cm³/mol. The van der Waals surface area contributed by atoms with Crippen LogP contribution >= 0.6 is 12.4 Å². The van der Waals surface area contributed by atoms with Gasteiger partial charge in [-0.1, -0.05) is 37.6 Å². The zero-order chi connectivity index (χ0) is 13.0. The van der Waals surface area contributed by atoms with E-state index in [1.165, 1.54) is 0 Å². The van der Waals surface area contributed by atoms with Crippen LogP contribution in [0.2, 0.25) is 0 Å². The van der Waals surface area contributed by atoms with E-state index in [0.29, 0.717) is 6.54 Å². The maximum atomic E-state index is 12.4. The van der Waals surface area contributed by atoms with Crippen LogP contribution in [0.15, 0.2) is 36.4 Å². The molecule has 104 valence electrons. The van der Waals surface area contributed by atoms with Gasteiger partial charge in [-0.15, -0.1) is 12.4 Å². The van der Waals surface area contributed by atoms with Gasteiger partial charge < -0.3 is 10.6 Å². The average Bonchev–Trinajstić information content (AvgIpc) is 2.86. The Morgan fingerprint density at radius 2 is 2.26 bits per heavy atom. The Hall–Kier alpha value is -1.32. The van der Waals surface area contributed by atoms with E-state index in [9.17, 15) is 4.79 Å². The Morgan fingerprint density at radius 3 is 2.95 bits per heavy atom. The zero-order valence-electron chi connectivity index (χ0n) is 11.2. The van der Waals surface area contributed by atoms with E-state index in [1.807, 2.05) is 29.2 Å². The van der Waals surface area contributed by atoms with Gasteiger partial charge in [-0.3, -0.25) is 4.79 Å². The van der Waals surface area contributed by atoms with Crippen LogP contribution in [0.1, 0.15) is 35.7 Å². The standard InChI is InChI=1S/C15H20N2O.ClH/c1-2-5-14-8-4-9-17(14)15(18)13-7-3-6-12(10-13)11-16;/h3-4,6-8,10,14H,2,5,9,11,16H2,1H3;1H. The molecule has 0 bridgehead atoms. The summed E-state index contributed by atoms with van der Waals surface area (Å²) in [4.78, 5) is 14.4. The molecule has 0 fully saturated rings. The molecule has 1 unspecified atom stereocenters. The van der Waals surface area contributed by atoms with E-state index in [1.54, 1.807) is 0 Å². The summed E-state index contributed by atoms with van der Waals surface area (Å²) >= 11 is 0. The number of carbonyl (C=O) groups excluding carboxylic acids is 1. The van der Waals surface area contributed by atoms with Crippen LogP contribution in [0.25, 0.3) is 0 Å². The van der Waals surface area contributed by atoms with Crippen molar-refractivity contribution < 1.29 is 4.79 Å². The SMILES string of the molecule is CCCC1C=CCN1C(=O)c1cccc(CN)c1.Cl. The van der Waals surface area contributed by atoms with E-state index in [-0.39, 0.29) is 24.4 Å². The second-order valence-electron chi connectivity index (χ2n) is 4.65. The summed E-state index contributed by atoms with van der Waals surface area (Å²) in [5, 5.41) is 0. The molecule has 1 atom stereocenters. The van der Waals surface area contributed by atoms with Crippen molar-refractivity contribution in [3.8, 4) is 0 Å². The smallest absolute Gasteiger partial charge is 0.254 e. The third-order valence-corrected chi connectivity index (χ3v) is 3.32. The fourth-order valence-electron chi connectivity index (χ4n) is 2.35. The van der Waals surface area contributed by atoms with Crippen molar-refractivity contribution in [3.63, 3.8) is 0 Å². The number of benzene rings is 1. The first-order chi connectivity index (χ1) is 8.76. The van der Waals surface area contributed by atoms with Gasteiger partial charge in [0.25, 0.3) is 5.91 Å². The molecule has 1 aromatic carbocycles. The van der Waals surface area contributed by atoms with Gasteiger partial charge in [-0.2, -0.15) is 0 Å². The quantitative estimate of drug-likeness (QED) is 0.862. The highest BCUT2D eigenvalue weighted by atomic mass is 35.5. The van der Waals surface area contributed by atoms with Crippen molar-refractivity contribution in [1.29, 1.82) is 0 Å². The van der Waals surface area contributed by atoms with E-state index in [4.69, 9.17) is 5.73 Å². The van der Waals surface area contributed by atoms with E-state index in [0.717, 1.165) is 30.5 Å². The van der Waals surface area contributed by atoms with Crippen molar-refractivity contribution in [2.24, 2.45) is 5.73 Å². The fraction of sp³-hybridized carbons (Fsp3) is 0.400. The molecule has 2 N–H and O–H groups in total. The highest BCUT2D eigenvalue weighted by Crippen LogP contribution is 2.18. The summed E-state index contributed by atoms with van der Waals surface area (Å²) in [5.74, 6) is 0.105. The largest absolute Gasteiger partial charge is 0.328 e. The molecule has 1 aliphatic heterocycles. The first-order valence-corrected chi connectivity index (χ1v) is 6.53. The number of amides is 1. The number of halogens is 1. The number of hydrogen-bond acceptors (Lipinski definition) is 2. The lowest BCUT2D eigenvalue weighted by molar-refractivity contribution is 0.0744.